The van der Waals surface area contributed by atoms with Gasteiger partial charge < -0.3 is 10.4 Å². The molecule has 0 spiro atoms. The third-order valence-electron chi connectivity index (χ3n) is 2.80. The summed E-state index contributed by atoms with van der Waals surface area (Å²) in [7, 11) is 0. The second kappa shape index (κ2) is 4.34. The lowest BCUT2D eigenvalue weighted by molar-refractivity contribution is -0.138. The molecule has 86 valence electrons. The van der Waals surface area contributed by atoms with Gasteiger partial charge in [-0.1, -0.05) is 17.7 Å². The van der Waals surface area contributed by atoms with Crippen LogP contribution in [0.15, 0.2) is 18.2 Å². The van der Waals surface area contributed by atoms with Crippen molar-refractivity contribution < 1.29 is 9.90 Å². The molecule has 1 atom stereocenters. The second-order valence-corrected chi connectivity index (χ2v) is 4.69. The second-order valence-electron chi connectivity index (χ2n) is 4.28. The Morgan fingerprint density at radius 2 is 2.25 bits per heavy atom. The maximum absolute atomic E-state index is 11.1. The first-order valence-electron chi connectivity index (χ1n) is 5.33. The van der Waals surface area contributed by atoms with Crippen molar-refractivity contribution in [3.63, 3.8) is 0 Å². The van der Waals surface area contributed by atoms with Gasteiger partial charge in [0.05, 0.1) is 10.7 Å². The van der Waals surface area contributed by atoms with Crippen molar-refractivity contribution in [2.75, 3.05) is 5.32 Å². The fourth-order valence-corrected chi connectivity index (χ4v) is 2.01. The van der Waals surface area contributed by atoms with Crippen molar-refractivity contribution in [2.45, 2.75) is 25.8 Å². The molecular formula is C12H14ClNO2. The third-order valence-corrected chi connectivity index (χ3v) is 3.11. The van der Waals surface area contributed by atoms with Crippen LogP contribution in [0.3, 0.4) is 0 Å². The van der Waals surface area contributed by atoms with Gasteiger partial charge in [0, 0.05) is 0 Å². The van der Waals surface area contributed by atoms with Crippen molar-refractivity contribution in [1.29, 1.82) is 0 Å². The number of hydrogen-bond acceptors (Lipinski definition) is 2. The molecule has 1 saturated carbocycles. The number of carboxylic acids is 1. The first-order valence-corrected chi connectivity index (χ1v) is 5.71. The number of carbonyl (C=O) groups is 1. The van der Waals surface area contributed by atoms with Crippen LogP contribution in [-0.2, 0) is 4.79 Å². The topological polar surface area (TPSA) is 49.3 Å². The fourth-order valence-electron chi connectivity index (χ4n) is 1.72. The zero-order chi connectivity index (χ0) is 11.7. The molecular weight excluding hydrogens is 226 g/mol. The molecule has 1 aromatic rings. The van der Waals surface area contributed by atoms with E-state index in [0.717, 1.165) is 18.4 Å². The van der Waals surface area contributed by atoms with Gasteiger partial charge in [0.1, 0.15) is 6.04 Å². The van der Waals surface area contributed by atoms with Crippen LogP contribution in [0.1, 0.15) is 18.4 Å². The number of anilines is 1. The van der Waals surface area contributed by atoms with Crippen molar-refractivity contribution in [3.8, 4) is 0 Å². The predicted molar refractivity (Wildman–Crippen MR) is 64.0 cm³/mol. The zero-order valence-corrected chi connectivity index (χ0v) is 9.79. The Labute approximate surface area is 99.4 Å². The molecule has 1 aliphatic carbocycles. The number of carboxylic acid groups (broad SMARTS) is 1. The maximum atomic E-state index is 11.1. The quantitative estimate of drug-likeness (QED) is 0.850. The minimum absolute atomic E-state index is 0.245. The van der Waals surface area contributed by atoms with E-state index in [9.17, 15) is 4.79 Å². The van der Waals surface area contributed by atoms with E-state index in [-0.39, 0.29) is 5.92 Å². The van der Waals surface area contributed by atoms with Crippen LogP contribution >= 0.6 is 11.6 Å². The number of aryl methyl sites for hydroxylation is 1. The number of halogens is 1. The number of nitrogens with one attached hydrogen (secondary N) is 1. The first-order chi connectivity index (χ1) is 7.58. The van der Waals surface area contributed by atoms with E-state index in [4.69, 9.17) is 16.7 Å². The van der Waals surface area contributed by atoms with E-state index in [0.29, 0.717) is 10.7 Å². The minimum Gasteiger partial charge on any atom is -0.480 e. The predicted octanol–water partition coefficient (Wildman–Crippen LogP) is 2.92. The molecule has 0 bridgehead atoms. The molecule has 0 heterocycles. The van der Waals surface area contributed by atoms with Gasteiger partial charge in [0.25, 0.3) is 0 Å². The number of rotatable bonds is 4. The summed E-state index contributed by atoms with van der Waals surface area (Å²) in [5, 5.41) is 12.7. The minimum atomic E-state index is -0.806. The van der Waals surface area contributed by atoms with Crippen LogP contribution in [0, 0.1) is 12.8 Å². The summed E-state index contributed by atoms with van der Waals surface area (Å²) in [5.41, 5.74) is 1.76. The van der Waals surface area contributed by atoms with Crippen molar-refractivity contribution in [2.24, 2.45) is 5.92 Å². The van der Waals surface area contributed by atoms with Crippen molar-refractivity contribution in [3.05, 3.63) is 28.8 Å². The smallest absolute Gasteiger partial charge is 0.326 e. The highest BCUT2D eigenvalue weighted by Gasteiger charge is 2.36. The Kier molecular flexibility index (Phi) is 3.06. The summed E-state index contributed by atoms with van der Waals surface area (Å²) in [6.45, 7) is 1.95. The molecule has 0 aromatic heterocycles. The van der Waals surface area contributed by atoms with Gasteiger partial charge in [-0.2, -0.15) is 0 Å². The molecule has 3 nitrogen and oxygen atoms in total. The number of hydrogen-bond donors (Lipinski definition) is 2. The highest BCUT2D eigenvalue weighted by molar-refractivity contribution is 6.33. The molecule has 1 aromatic carbocycles. The lowest BCUT2D eigenvalue weighted by Crippen LogP contribution is -2.31. The Morgan fingerprint density at radius 1 is 1.56 bits per heavy atom. The molecule has 0 amide bonds. The SMILES string of the molecule is Cc1ccc(NC(C(=O)O)C2CC2)c(Cl)c1. The Balaban J connectivity index is 2.15. The fraction of sp³-hybridized carbons (Fsp3) is 0.417. The molecule has 1 aliphatic rings. The van der Waals surface area contributed by atoms with Gasteiger partial charge in [-0.3, -0.25) is 0 Å². The highest BCUT2D eigenvalue weighted by atomic mass is 35.5. The van der Waals surface area contributed by atoms with Crippen LogP contribution in [-0.4, -0.2) is 17.1 Å². The Bertz CT molecular complexity index is 415. The van der Waals surface area contributed by atoms with E-state index in [2.05, 4.69) is 5.32 Å². The van der Waals surface area contributed by atoms with E-state index in [1.54, 1.807) is 0 Å². The molecule has 0 aliphatic heterocycles. The summed E-state index contributed by atoms with van der Waals surface area (Å²) < 4.78 is 0. The van der Waals surface area contributed by atoms with Gasteiger partial charge in [-0.25, -0.2) is 4.79 Å². The van der Waals surface area contributed by atoms with Crippen molar-refractivity contribution in [1.82, 2.24) is 0 Å². The van der Waals surface area contributed by atoms with Gasteiger partial charge in [-0.15, -0.1) is 0 Å². The van der Waals surface area contributed by atoms with E-state index < -0.39 is 12.0 Å². The first kappa shape index (κ1) is 11.3. The molecule has 0 saturated heterocycles. The van der Waals surface area contributed by atoms with Gasteiger partial charge in [0.2, 0.25) is 0 Å². The summed E-state index contributed by atoms with van der Waals surface area (Å²) in [6, 6.07) is 5.06. The maximum Gasteiger partial charge on any atom is 0.326 e. The molecule has 2 rings (SSSR count). The standard InChI is InChI=1S/C12H14ClNO2/c1-7-2-5-10(9(13)6-7)14-11(12(15)16)8-3-4-8/h2,5-6,8,11,14H,3-4H2,1H3,(H,15,16). The summed E-state index contributed by atoms with van der Waals surface area (Å²) in [4.78, 5) is 11.1. The normalized spacial score (nSPS) is 16.9. The number of aliphatic carboxylic acids is 1. The molecule has 16 heavy (non-hydrogen) atoms. The summed E-state index contributed by atoms with van der Waals surface area (Å²) >= 11 is 6.05. The van der Waals surface area contributed by atoms with Crippen LogP contribution < -0.4 is 5.32 Å². The molecule has 0 radical (unpaired) electrons. The Hall–Kier alpha value is -1.22. The molecule has 1 unspecified atom stereocenters. The van der Waals surface area contributed by atoms with Gasteiger partial charge >= 0.3 is 5.97 Å². The monoisotopic (exact) mass is 239 g/mol. The van der Waals surface area contributed by atoms with Crippen LogP contribution in [0.2, 0.25) is 5.02 Å². The lowest BCUT2D eigenvalue weighted by atomic mass is 10.1. The van der Waals surface area contributed by atoms with E-state index in [1.165, 1.54) is 0 Å². The largest absolute Gasteiger partial charge is 0.480 e. The average molecular weight is 240 g/mol. The van der Waals surface area contributed by atoms with Gasteiger partial charge in [-0.05, 0) is 43.4 Å². The van der Waals surface area contributed by atoms with Crippen LogP contribution in [0.25, 0.3) is 0 Å². The average Bonchev–Trinajstić information content (AvgIpc) is 2.99. The third kappa shape index (κ3) is 2.47. The van der Waals surface area contributed by atoms with E-state index in [1.807, 2.05) is 25.1 Å². The van der Waals surface area contributed by atoms with Crippen molar-refractivity contribution >= 4 is 23.3 Å². The Morgan fingerprint density at radius 3 is 2.75 bits per heavy atom. The summed E-state index contributed by atoms with van der Waals surface area (Å²) in [5.74, 6) is -0.561. The van der Waals surface area contributed by atoms with Crippen LogP contribution in [0.5, 0.6) is 0 Å². The molecule has 2 N–H and O–H groups in total. The van der Waals surface area contributed by atoms with Gasteiger partial charge in [0.15, 0.2) is 0 Å². The molecule has 4 heteroatoms. The van der Waals surface area contributed by atoms with Crippen LogP contribution in [0.4, 0.5) is 5.69 Å². The lowest BCUT2D eigenvalue weighted by Gasteiger charge is -2.16. The number of benzene rings is 1. The highest BCUT2D eigenvalue weighted by Crippen LogP contribution is 2.35. The zero-order valence-electron chi connectivity index (χ0n) is 9.03. The summed E-state index contributed by atoms with van der Waals surface area (Å²) in [6.07, 6.45) is 1.96. The molecule has 1 fully saturated rings. The van der Waals surface area contributed by atoms with E-state index >= 15 is 0 Å².